The molecule has 21 heavy (non-hydrogen) atoms. The van der Waals surface area contributed by atoms with Gasteiger partial charge in [-0.3, -0.25) is 4.79 Å². The number of nitrogens with one attached hydrogen (secondary N) is 1. The van der Waals surface area contributed by atoms with Crippen molar-refractivity contribution in [2.75, 3.05) is 6.61 Å². The minimum absolute atomic E-state index is 0.268. The van der Waals surface area contributed by atoms with E-state index in [1.165, 1.54) is 18.3 Å². The number of amides is 1. The number of benzene rings is 1. The van der Waals surface area contributed by atoms with E-state index < -0.39 is 5.91 Å². The fourth-order valence-corrected chi connectivity index (χ4v) is 2.27. The van der Waals surface area contributed by atoms with Gasteiger partial charge in [0.1, 0.15) is 5.75 Å². The van der Waals surface area contributed by atoms with Crippen LogP contribution in [0.1, 0.15) is 4.88 Å². The standard InChI is InChI=1S/C13H9Cl2FN2O2S/c14-8-1-3-10(15)11(5-8)20-7-13(19)18-17-6-9-2-4-12(16)21-9/h1-6H,7H2,(H,18,19)/b17-6+. The van der Waals surface area contributed by atoms with E-state index in [1.807, 2.05) is 0 Å². The third-order valence-corrected chi connectivity index (χ3v) is 3.58. The zero-order valence-electron chi connectivity index (χ0n) is 10.5. The van der Waals surface area contributed by atoms with Gasteiger partial charge in [-0.05, 0) is 24.3 Å². The van der Waals surface area contributed by atoms with Gasteiger partial charge in [0.15, 0.2) is 11.7 Å². The van der Waals surface area contributed by atoms with Crippen molar-refractivity contribution in [3.63, 3.8) is 0 Å². The van der Waals surface area contributed by atoms with Gasteiger partial charge in [0.2, 0.25) is 0 Å². The lowest BCUT2D eigenvalue weighted by Gasteiger charge is -2.07. The number of thiophene rings is 1. The third kappa shape index (κ3) is 5.00. The van der Waals surface area contributed by atoms with Gasteiger partial charge in [-0.15, -0.1) is 11.3 Å². The normalized spacial score (nSPS) is 10.8. The monoisotopic (exact) mass is 346 g/mol. The topological polar surface area (TPSA) is 50.7 Å². The van der Waals surface area contributed by atoms with Crippen LogP contribution in [0.25, 0.3) is 0 Å². The zero-order chi connectivity index (χ0) is 15.2. The van der Waals surface area contributed by atoms with E-state index in [9.17, 15) is 9.18 Å². The maximum absolute atomic E-state index is 12.7. The Bertz CT molecular complexity index is 676. The Labute approximate surface area is 134 Å². The summed E-state index contributed by atoms with van der Waals surface area (Å²) < 4.78 is 17.9. The summed E-state index contributed by atoms with van der Waals surface area (Å²) in [5.41, 5.74) is 2.26. The molecule has 0 radical (unpaired) electrons. The molecule has 4 nitrogen and oxygen atoms in total. The van der Waals surface area contributed by atoms with Gasteiger partial charge in [0.05, 0.1) is 16.1 Å². The fourth-order valence-electron chi connectivity index (χ4n) is 1.33. The van der Waals surface area contributed by atoms with Crippen LogP contribution in [0.5, 0.6) is 5.75 Å². The summed E-state index contributed by atoms with van der Waals surface area (Å²) in [6.07, 6.45) is 1.35. The number of rotatable bonds is 5. The molecule has 0 aliphatic carbocycles. The van der Waals surface area contributed by atoms with Gasteiger partial charge in [-0.1, -0.05) is 23.2 Å². The molecule has 0 fully saturated rings. The SMILES string of the molecule is O=C(COc1cc(Cl)ccc1Cl)N/N=C/c1ccc(F)s1. The molecular formula is C13H9Cl2FN2O2S. The molecule has 110 valence electrons. The number of carbonyl (C=O) groups excluding carboxylic acids is 1. The molecule has 0 aliphatic rings. The highest BCUT2D eigenvalue weighted by molar-refractivity contribution is 7.12. The molecule has 1 aromatic carbocycles. The Morgan fingerprint density at radius 2 is 2.19 bits per heavy atom. The maximum atomic E-state index is 12.7. The summed E-state index contributed by atoms with van der Waals surface area (Å²) in [6.45, 7) is -0.268. The Kier molecular flexibility index (Phi) is 5.55. The number of carbonyl (C=O) groups is 1. The number of ether oxygens (including phenoxy) is 1. The van der Waals surface area contributed by atoms with Crippen LogP contribution < -0.4 is 10.2 Å². The molecular weight excluding hydrogens is 338 g/mol. The average Bonchev–Trinajstić information content (AvgIpc) is 2.85. The van der Waals surface area contributed by atoms with Crippen molar-refractivity contribution < 1.29 is 13.9 Å². The Balaban J connectivity index is 1.82. The minimum atomic E-state index is -0.473. The zero-order valence-corrected chi connectivity index (χ0v) is 12.8. The maximum Gasteiger partial charge on any atom is 0.277 e. The van der Waals surface area contributed by atoms with Crippen molar-refractivity contribution in [1.82, 2.24) is 5.43 Å². The van der Waals surface area contributed by atoms with Crippen LogP contribution in [-0.2, 0) is 4.79 Å². The molecule has 8 heteroatoms. The summed E-state index contributed by atoms with van der Waals surface area (Å²) in [4.78, 5) is 12.1. The molecule has 2 rings (SSSR count). The second-order valence-electron chi connectivity index (χ2n) is 3.80. The first-order chi connectivity index (χ1) is 10.0. The first-order valence-electron chi connectivity index (χ1n) is 5.69. The average molecular weight is 347 g/mol. The molecule has 0 aliphatic heterocycles. The number of nitrogens with zero attached hydrogens (tertiary/aromatic N) is 1. The van der Waals surface area contributed by atoms with Gasteiger partial charge in [-0.2, -0.15) is 9.49 Å². The highest BCUT2D eigenvalue weighted by atomic mass is 35.5. The van der Waals surface area contributed by atoms with Crippen molar-refractivity contribution in [1.29, 1.82) is 0 Å². The predicted octanol–water partition coefficient (Wildman–Crippen LogP) is 3.72. The first kappa shape index (κ1) is 15.8. The number of hydrogen-bond acceptors (Lipinski definition) is 4. The highest BCUT2D eigenvalue weighted by Crippen LogP contribution is 2.27. The van der Waals surface area contributed by atoms with Crippen molar-refractivity contribution in [2.45, 2.75) is 0 Å². The van der Waals surface area contributed by atoms with Crippen molar-refractivity contribution >= 4 is 46.7 Å². The van der Waals surface area contributed by atoms with Gasteiger partial charge in [0.25, 0.3) is 5.91 Å². The van der Waals surface area contributed by atoms with E-state index in [-0.39, 0.29) is 11.7 Å². The van der Waals surface area contributed by atoms with E-state index in [0.29, 0.717) is 20.7 Å². The number of hydrazone groups is 1. The van der Waals surface area contributed by atoms with E-state index in [2.05, 4.69) is 10.5 Å². The lowest BCUT2D eigenvalue weighted by Crippen LogP contribution is -2.24. The smallest absolute Gasteiger partial charge is 0.277 e. The summed E-state index contributed by atoms with van der Waals surface area (Å²) in [5, 5.41) is 4.17. The third-order valence-electron chi connectivity index (χ3n) is 2.23. The van der Waals surface area contributed by atoms with Crippen LogP contribution in [0.15, 0.2) is 35.4 Å². The van der Waals surface area contributed by atoms with Gasteiger partial charge < -0.3 is 4.74 Å². The second-order valence-corrected chi connectivity index (χ2v) is 5.71. The highest BCUT2D eigenvalue weighted by Gasteiger charge is 2.06. The molecule has 0 bridgehead atoms. The number of hydrogen-bond donors (Lipinski definition) is 1. The van der Waals surface area contributed by atoms with Crippen molar-refractivity contribution in [3.8, 4) is 5.75 Å². The van der Waals surface area contributed by atoms with Gasteiger partial charge in [-0.25, -0.2) is 5.43 Å². The largest absolute Gasteiger partial charge is 0.482 e. The molecule has 1 amide bonds. The van der Waals surface area contributed by atoms with Crippen LogP contribution >= 0.6 is 34.5 Å². The first-order valence-corrected chi connectivity index (χ1v) is 7.27. The van der Waals surface area contributed by atoms with E-state index in [4.69, 9.17) is 27.9 Å². The molecule has 0 atom stereocenters. The van der Waals surface area contributed by atoms with E-state index in [1.54, 1.807) is 18.2 Å². The van der Waals surface area contributed by atoms with Crippen LogP contribution in [0, 0.1) is 5.13 Å². The molecule has 2 aromatic rings. The molecule has 1 heterocycles. The summed E-state index contributed by atoms with van der Waals surface area (Å²) >= 11 is 12.6. The molecule has 1 aromatic heterocycles. The molecule has 0 saturated carbocycles. The predicted molar refractivity (Wildman–Crippen MR) is 82.0 cm³/mol. The van der Waals surface area contributed by atoms with Crippen LogP contribution in [0.4, 0.5) is 4.39 Å². The van der Waals surface area contributed by atoms with E-state index in [0.717, 1.165) is 11.3 Å². The Hall–Kier alpha value is -1.63. The van der Waals surface area contributed by atoms with Crippen LogP contribution in [0.2, 0.25) is 10.0 Å². The minimum Gasteiger partial charge on any atom is -0.482 e. The number of halogens is 3. The molecule has 0 saturated heterocycles. The lowest BCUT2D eigenvalue weighted by atomic mass is 10.3. The van der Waals surface area contributed by atoms with Gasteiger partial charge >= 0.3 is 0 Å². The van der Waals surface area contributed by atoms with Crippen molar-refractivity contribution in [2.24, 2.45) is 5.10 Å². The summed E-state index contributed by atoms with van der Waals surface area (Å²) in [6, 6.07) is 7.56. The van der Waals surface area contributed by atoms with E-state index >= 15 is 0 Å². The lowest BCUT2D eigenvalue weighted by molar-refractivity contribution is -0.123. The Morgan fingerprint density at radius 3 is 2.90 bits per heavy atom. The fraction of sp³-hybridized carbons (Fsp3) is 0.0769. The molecule has 1 N–H and O–H groups in total. The summed E-state index contributed by atoms with van der Waals surface area (Å²) in [7, 11) is 0. The quantitative estimate of drug-likeness (QED) is 0.662. The molecule has 0 spiro atoms. The molecule has 0 unspecified atom stereocenters. The van der Waals surface area contributed by atoms with Crippen molar-refractivity contribution in [3.05, 3.63) is 50.4 Å². The summed E-state index contributed by atoms with van der Waals surface area (Å²) in [5.74, 6) is -0.164. The second kappa shape index (κ2) is 7.40. The van der Waals surface area contributed by atoms with Crippen LogP contribution in [0.3, 0.4) is 0 Å². The van der Waals surface area contributed by atoms with Gasteiger partial charge in [0, 0.05) is 11.1 Å². The van der Waals surface area contributed by atoms with Crippen LogP contribution in [-0.4, -0.2) is 18.7 Å². The Morgan fingerprint density at radius 1 is 1.38 bits per heavy atom.